The molecule has 4 aliphatic heterocycles. The summed E-state index contributed by atoms with van der Waals surface area (Å²) >= 11 is 0. The fourth-order valence-corrected chi connectivity index (χ4v) is 8.43. The van der Waals surface area contributed by atoms with Gasteiger partial charge in [-0.15, -0.1) is 0 Å². The number of nitrogens with one attached hydrogen (secondary N) is 2. The van der Waals surface area contributed by atoms with Gasteiger partial charge in [-0.05, 0) is 51.3 Å². The zero-order valence-corrected chi connectivity index (χ0v) is 33.3. The number of carbonyl (C=O) groups is 6. The molecule has 0 radical (unpaired) electrons. The standard InChI is InChI=1S/C41H46N10O8/c1-23(2)59-39-31(44-37(54)29-17-43-51-11-5-10-42-36(29)51)14-25-21-50(41(57)35(25)46-39)26-8-12-48(13-9-26)18-24-19-49(20-24)27-15-28(30(22-52)33(16-27)58-4)40(56)47(3)32-6-7-34(53)45-38(32)55/h5,10-11,14-17,22-24,26,32H,6-9,12-13,18-21H2,1-4H3,(H,44,54)(H,45,53,55). The van der Waals surface area contributed by atoms with Crippen LogP contribution in [0.5, 0.6) is 11.6 Å². The number of likely N-dealkylation sites (tertiary alicyclic amines) is 1. The average molecular weight is 807 g/mol. The van der Waals surface area contributed by atoms with E-state index in [1.165, 1.54) is 29.8 Å². The Morgan fingerprint density at radius 1 is 1.08 bits per heavy atom. The molecule has 3 aromatic heterocycles. The minimum absolute atomic E-state index is 0.0289. The molecule has 1 unspecified atom stereocenters. The molecule has 2 N–H and O–H groups in total. The van der Waals surface area contributed by atoms with Crippen LogP contribution in [0.25, 0.3) is 5.65 Å². The van der Waals surface area contributed by atoms with Crippen LogP contribution in [0.3, 0.4) is 0 Å². The van der Waals surface area contributed by atoms with E-state index in [1.807, 2.05) is 18.7 Å². The van der Waals surface area contributed by atoms with Crippen molar-refractivity contribution in [3.05, 3.63) is 70.8 Å². The second kappa shape index (κ2) is 16.1. The number of aldehydes is 1. The molecule has 18 heteroatoms. The van der Waals surface area contributed by atoms with Gasteiger partial charge >= 0.3 is 0 Å². The number of piperidine rings is 2. The van der Waals surface area contributed by atoms with E-state index in [-0.39, 0.29) is 59.6 Å². The van der Waals surface area contributed by atoms with Crippen LogP contribution in [-0.4, -0.2) is 135 Å². The van der Waals surface area contributed by atoms with Gasteiger partial charge in [0.1, 0.15) is 28.7 Å². The summed E-state index contributed by atoms with van der Waals surface area (Å²) in [5.41, 5.74) is 3.11. The molecule has 0 bridgehead atoms. The van der Waals surface area contributed by atoms with E-state index in [2.05, 4.69) is 35.5 Å². The van der Waals surface area contributed by atoms with Crippen LogP contribution in [0, 0.1) is 5.92 Å². The monoisotopic (exact) mass is 806 g/mol. The average Bonchev–Trinajstić information content (AvgIpc) is 3.79. The normalized spacial score (nSPS) is 18.8. The molecular weight excluding hydrogens is 761 g/mol. The maximum atomic E-state index is 13.8. The number of amides is 5. The molecule has 0 saturated carbocycles. The van der Waals surface area contributed by atoms with Crippen LogP contribution < -0.4 is 25.0 Å². The van der Waals surface area contributed by atoms with E-state index in [0.29, 0.717) is 41.3 Å². The van der Waals surface area contributed by atoms with Crippen LogP contribution in [0.4, 0.5) is 11.4 Å². The summed E-state index contributed by atoms with van der Waals surface area (Å²) < 4.78 is 13.0. The number of carbonyl (C=O) groups excluding carboxylic acids is 6. The lowest BCUT2D eigenvalue weighted by atomic mass is 9.94. The van der Waals surface area contributed by atoms with Gasteiger partial charge in [-0.1, -0.05) is 0 Å². The number of hydrogen-bond acceptors (Lipinski definition) is 13. The number of anilines is 2. The van der Waals surface area contributed by atoms with Crippen molar-refractivity contribution in [3.63, 3.8) is 0 Å². The predicted octanol–water partition coefficient (Wildman–Crippen LogP) is 2.42. The molecule has 4 aromatic rings. The maximum absolute atomic E-state index is 13.8. The van der Waals surface area contributed by atoms with Crippen molar-refractivity contribution in [3.8, 4) is 11.6 Å². The van der Waals surface area contributed by atoms with E-state index in [1.54, 1.807) is 36.7 Å². The van der Waals surface area contributed by atoms with Gasteiger partial charge in [0.15, 0.2) is 11.9 Å². The van der Waals surface area contributed by atoms with Crippen molar-refractivity contribution in [2.75, 3.05) is 57.1 Å². The molecule has 18 nitrogen and oxygen atoms in total. The second-order valence-corrected chi connectivity index (χ2v) is 15.8. The Bertz CT molecular complexity index is 2350. The number of rotatable bonds is 12. The Balaban J connectivity index is 0.878. The highest BCUT2D eigenvalue weighted by molar-refractivity contribution is 6.09. The Morgan fingerprint density at radius 3 is 2.58 bits per heavy atom. The maximum Gasteiger partial charge on any atom is 0.273 e. The molecule has 8 rings (SSSR count). The molecule has 4 aliphatic rings. The zero-order valence-electron chi connectivity index (χ0n) is 33.3. The highest BCUT2D eigenvalue weighted by Crippen LogP contribution is 2.36. The van der Waals surface area contributed by atoms with Crippen LogP contribution in [0.2, 0.25) is 0 Å². The largest absolute Gasteiger partial charge is 0.496 e. The van der Waals surface area contributed by atoms with Gasteiger partial charge in [-0.3, -0.25) is 34.1 Å². The second-order valence-electron chi connectivity index (χ2n) is 15.8. The number of pyridine rings is 1. The third-order valence-electron chi connectivity index (χ3n) is 11.5. The predicted molar refractivity (Wildman–Crippen MR) is 213 cm³/mol. The van der Waals surface area contributed by atoms with Crippen LogP contribution in [0.15, 0.2) is 42.9 Å². The van der Waals surface area contributed by atoms with Crippen molar-refractivity contribution in [2.24, 2.45) is 5.92 Å². The number of fused-ring (bicyclic) bond motifs is 2. The summed E-state index contributed by atoms with van der Waals surface area (Å²) in [7, 11) is 2.94. The molecule has 1 atom stereocenters. The van der Waals surface area contributed by atoms with Gasteiger partial charge in [0.2, 0.25) is 17.7 Å². The summed E-state index contributed by atoms with van der Waals surface area (Å²) in [6.45, 7) is 8.07. The smallest absolute Gasteiger partial charge is 0.273 e. The third-order valence-corrected chi connectivity index (χ3v) is 11.5. The van der Waals surface area contributed by atoms with Crippen LogP contribution >= 0.6 is 0 Å². The summed E-state index contributed by atoms with van der Waals surface area (Å²) in [6, 6.07) is 6.13. The number of likely N-dealkylation sites (N-methyl/N-ethyl adjacent to an activating group) is 1. The minimum Gasteiger partial charge on any atom is -0.496 e. The number of hydrogen-bond donors (Lipinski definition) is 2. The Kier molecular flexibility index (Phi) is 10.7. The van der Waals surface area contributed by atoms with Gasteiger partial charge in [0, 0.05) is 94.4 Å². The molecular formula is C41H46N10O8. The van der Waals surface area contributed by atoms with Gasteiger partial charge in [0.25, 0.3) is 17.7 Å². The topological polar surface area (TPSA) is 201 Å². The van der Waals surface area contributed by atoms with Crippen LogP contribution in [0.1, 0.15) is 86.7 Å². The lowest BCUT2D eigenvalue weighted by molar-refractivity contribution is -0.136. The van der Waals surface area contributed by atoms with Crippen molar-refractivity contribution in [1.29, 1.82) is 0 Å². The molecule has 1 aromatic carbocycles. The van der Waals surface area contributed by atoms with Crippen molar-refractivity contribution < 1.29 is 38.2 Å². The van der Waals surface area contributed by atoms with Gasteiger partial charge in [-0.2, -0.15) is 5.10 Å². The van der Waals surface area contributed by atoms with Gasteiger partial charge < -0.3 is 34.4 Å². The third kappa shape index (κ3) is 7.67. The number of aromatic nitrogens is 4. The summed E-state index contributed by atoms with van der Waals surface area (Å²) in [4.78, 5) is 93.8. The summed E-state index contributed by atoms with van der Waals surface area (Å²) in [5.74, 6) is -1.19. The van der Waals surface area contributed by atoms with E-state index < -0.39 is 23.8 Å². The number of nitrogens with zero attached hydrogens (tertiary/aromatic N) is 8. The molecule has 7 heterocycles. The highest BCUT2D eigenvalue weighted by atomic mass is 16.5. The van der Waals surface area contributed by atoms with E-state index in [9.17, 15) is 28.8 Å². The first-order valence-electron chi connectivity index (χ1n) is 19.8. The fraction of sp³-hybridized carbons (Fsp3) is 0.439. The van der Waals surface area contributed by atoms with Gasteiger partial charge in [0.05, 0.1) is 30.5 Å². The van der Waals surface area contributed by atoms with Gasteiger partial charge in [-0.25, -0.2) is 14.5 Å². The molecule has 3 saturated heterocycles. The lowest BCUT2D eigenvalue weighted by Crippen LogP contribution is -2.54. The number of methoxy groups -OCH3 is 1. The van der Waals surface area contributed by atoms with E-state index in [4.69, 9.17) is 9.47 Å². The minimum atomic E-state index is -0.833. The van der Waals surface area contributed by atoms with Crippen molar-refractivity contribution in [1.82, 2.24) is 39.6 Å². The first-order chi connectivity index (χ1) is 28.4. The number of imide groups is 1. The van der Waals surface area contributed by atoms with Crippen molar-refractivity contribution in [2.45, 2.75) is 64.3 Å². The first-order valence-corrected chi connectivity index (χ1v) is 19.8. The first kappa shape index (κ1) is 39.4. The summed E-state index contributed by atoms with van der Waals surface area (Å²) in [6.07, 6.45) is 7.02. The molecule has 59 heavy (non-hydrogen) atoms. The molecule has 0 aliphatic carbocycles. The molecule has 0 spiro atoms. The Labute approximate surface area is 339 Å². The highest BCUT2D eigenvalue weighted by Gasteiger charge is 2.39. The van der Waals surface area contributed by atoms with E-state index in [0.717, 1.165) is 56.8 Å². The zero-order chi connectivity index (χ0) is 41.5. The lowest BCUT2D eigenvalue weighted by Gasteiger charge is -2.45. The fourth-order valence-electron chi connectivity index (χ4n) is 8.43. The Morgan fingerprint density at radius 2 is 1.86 bits per heavy atom. The quantitative estimate of drug-likeness (QED) is 0.156. The Hall–Kier alpha value is -6.43. The molecule has 308 valence electrons. The molecule has 3 fully saturated rings. The number of benzene rings is 1. The van der Waals surface area contributed by atoms with Crippen molar-refractivity contribution >= 4 is 52.8 Å². The summed E-state index contributed by atoms with van der Waals surface area (Å²) in [5, 5.41) is 9.41. The number of ether oxygens (including phenoxy) is 2. The van der Waals surface area contributed by atoms with E-state index >= 15 is 0 Å². The van der Waals surface area contributed by atoms with Crippen LogP contribution in [-0.2, 0) is 16.1 Å². The SMILES string of the molecule is COc1cc(N2CC(CN3CCC(N4Cc5cc(NC(=O)c6cnn7cccnc67)c(OC(C)C)nc5C4=O)CC3)C2)cc(C(=O)N(C)C2CCC(=O)NC2=O)c1C=O. The molecule has 5 amide bonds.